The van der Waals surface area contributed by atoms with E-state index in [0.29, 0.717) is 40.3 Å². The van der Waals surface area contributed by atoms with E-state index in [2.05, 4.69) is 5.32 Å². The van der Waals surface area contributed by atoms with Crippen molar-refractivity contribution >= 4 is 23.5 Å². The molecule has 3 saturated heterocycles. The Morgan fingerprint density at radius 2 is 1.49 bits per heavy atom. The molecule has 0 unspecified atom stereocenters. The Bertz CT molecular complexity index is 1200. The van der Waals surface area contributed by atoms with Crippen LogP contribution in [0.15, 0.2) is 84.9 Å². The third kappa shape index (κ3) is 5.28. The maximum absolute atomic E-state index is 13.7. The average molecular weight is 520 g/mol. The number of nitrogens with one attached hydrogen (secondary N) is 1. The summed E-state index contributed by atoms with van der Waals surface area (Å²) in [5, 5.41) is 15.4. The van der Waals surface area contributed by atoms with E-state index < -0.39 is 11.6 Å². The summed E-state index contributed by atoms with van der Waals surface area (Å²) in [7, 11) is 0. The SMILES string of the molecule is O=C(C[N+]12CCC(CC1)[C@@H](OC(=O)C(O)(c1ccccc1)c1ccccc1)C2)NCc1ccccc1Cl. The first-order valence-corrected chi connectivity index (χ1v) is 13.2. The molecule has 3 aromatic carbocycles. The van der Waals surface area contributed by atoms with Crippen LogP contribution in [0, 0.1) is 5.92 Å². The molecule has 3 heterocycles. The maximum atomic E-state index is 13.7. The highest BCUT2D eigenvalue weighted by atomic mass is 35.5. The minimum Gasteiger partial charge on any atom is -0.453 e. The Labute approximate surface area is 222 Å². The number of amides is 1. The van der Waals surface area contributed by atoms with Crippen LogP contribution in [0.3, 0.4) is 0 Å². The second kappa shape index (κ2) is 10.7. The van der Waals surface area contributed by atoms with E-state index in [-0.39, 0.29) is 17.9 Å². The molecule has 3 fully saturated rings. The first kappa shape index (κ1) is 25.5. The summed E-state index contributed by atoms with van der Waals surface area (Å²) >= 11 is 6.23. The fourth-order valence-electron chi connectivity index (χ4n) is 5.76. The number of piperidine rings is 3. The molecular weight excluding hydrogens is 488 g/mol. The predicted octanol–water partition coefficient (Wildman–Crippen LogP) is 4.04. The summed E-state index contributed by atoms with van der Waals surface area (Å²) in [6, 6.07) is 25.3. The fourth-order valence-corrected chi connectivity index (χ4v) is 5.96. The molecule has 3 aliphatic rings. The van der Waals surface area contributed by atoms with Crippen LogP contribution in [-0.2, 0) is 26.5 Å². The number of fused-ring (bicyclic) bond motifs is 3. The smallest absolute Gasteiger partial charge is 0.348 e. The molecule has 1 amide bonds. The molecule has 0 radical (unpaired) electrons. The van der Waals surface area contributed by atoms with Gasteiger partial charge in [-0.25, -0.2) is 4.79 Å². The molecule has 192 valence electrons. The zero-order chi connectivity index (χ0) is 25.9. The summed E-state index contributed by atoms with van der Waals surface area (Å²) in [6.45, 7) is 3.02. The maximum Gasteiger partial charge on any atom is 0.348 e. The highest BCUT2D eigenvalue weighted by molar-refractivity contribution is 6.31. The van der Waals surface area contributed by atoms with Gasteiger partial charge < -0.3 is 19.6 Å². The lowest BCUT2D eigenvalue weighted by Gasteiger charge is -2.51. The van der Waals surface area contributed by atoms with Gasteiger partial charge in [0.25, 0.3) is 5.91 Å². The van der Waals surface area contributed by atoms with Gasteiger partial charge in [0.1, 0.15) is 6.54 Å². The molecule has 6 nitrogen and oxygen atoms in total. The van der Waals surface area contributed by atoms with Crippen molar-refractivity contribution in [2.45, 2.75) is 31.1 Å². The zero-order valence-corrected chi connectivity index (χ0v) is 21.4. The lowest BCUT2D eigenvalue weighted by molar-refractivity contribution is -0.939. The van der Waals surface area contributed by atoms with Crippen LogP contribution in [0.5, 0.6) is 0 Å². The third-order valence-electron chi connectivity index (χ3n) is 7.89. The summed E-state index contributed by atoms with van der Waals surface area (Å²) < 4.78 is 6.68. The Hall–Kier alpha value is -3.19. The normalized spacial score (nSPS) is 22.9. The lowest BCUT2D eigenvalue weighted by atomic mass is 9.82. The molecule has 3 aliphatic heterocycles. The number of rotatable bonds is 8. The monoisotopic (exact) mass is 519 g/mol. The quantitative estimate of drug-likeness (QED) is 0.348. The molecule has 0 spiro atoms. The van der Waals surface area contributed by atoms with Crippen LogP contribution in [0.2, 0.25) is 5.02 Å². The van der Waals surface area contributed by atoms with Crippen LogP contribution in [0.25, 0.3) is 0 Å². The van der Waals surface area contributed by atoms with Crippen molar-refractivity contribution < 1.29 is 23.9 Å². The second-order valence-corrected chi connectivity index (χ2v) is 10.6. The molecule has 3 aromatic rings. The highest BCUT2D eigenvalue weighted by Gasteiger charge is 2.51. The van der Waals surface area contributed by atoms with Gasteiger partial charge in [0.2, 0.25) is 5.60 Å². The number of carbonyl (C=O) groups excluding carboxylic acids is 2. The van der Waals surface area contributed by atoms with Gasteiger partial charge in [0, 0.05) is 30.3 Å². The van der Waals surface area contributed by atoms with E-state index in [4.69, 9.17) is 16.3 Å². The number of aliphatic hydroxyl groups is 1. The average Bonchev–Trinajstić information content (AvgIpc) is 2.93. The molecule has 0 saturated carbocycles. The first-order valence-electron chi connectivity index (χ1n) is 12.8. The van der Waals surface area contributed by atoms with Crippen LogP contribution in [0.4, 0.5) is 0 Å². The molecule has 6 rings (SSSR count). The Kier molecular flexibility index (Phi) is 7.33. The third-order valence-corrected chi connectivity index (χ3v) is 8.26. The number of hydrogen-bond donors (Lipinski definition) is 2. The van der Waals surface area contributed by atoms with E-state index in [1.807, 2.05) is 36.4 Å². The zero-order valence-electron chi connectivity index (χ0n) is 20.7. The van der Waals surface area contributed by atoms with E-state index in [1.54, 1.807) is 48.5 Å². The van der Waals surface area contributed by atoms with Crippen molar-refractivity contribution in [1.82, 2.24) is 5.32 Å². The molecule has 2 N–H and O–H groups in total. The van der Waals surface area contributed by atoms with Crippen molar-refractivity contribution in [2.24, 2.45) is 5.92 Å². The Balaban J connectivity index is 1.29. The molecule has 0 aliphatic carbocycles. The standard InChI is InChI=1S/C30H31ClN2O4/c31-26-14-8-7-9-23(26)19-32-28(34)21-33-17-15-22(16-18-33)27(20-33)37-29(35)30(36,24-10-3-1-4-11-24)25-12-5-2-6-13-25/h1-14,22,27,36H,15-21H2/p+1/t22?,27-,33?/m0/s1. The molecule has 37 heavy (non-hydrogen) atoms. The van der Waals surface area contributed by atoms with Crippen molar-refractivity contribution in [3.05, 3.63) is 107 Å². The van der Waals surface area contributed by atoms with Gasteiger partial charge in [-0.2, -0.15) is 0 Å². The van der Waals surface area contributed by atoms with E-state index >= 15 is 0 Å². The number of benzene rings is 3. The largest absolute Gasteiger partial charge is 0.453 e. The van der Waals surface area contributed by atoms with Gasteiger partial charge in [-0.05, 0) is 22.8 Å². The number of esters is 1. The minimum atomic E-state index is -1.91. The summed E-state index contributed by atoms with van der Waals surface area (Å²) in [6.07, 6.45) is 1.40. The Morgan fingerprint density at radius 1 is 0.919 bits per heavy atom. The highest BCUT2D eigenvalue weighted by Crippen LogP contribution is 2.38. The van der Waals surface area contributed by atoms with Crippen molar-refractivity contribution in [3.8, 4) is 0 Å². The van der Waals surface area contributed by atoms with Gasteiger partial charge in [0.05, 0.1) is 13.1 Å². The van der Waals surface area contributed by atoms with E-state index in [1.165, 1.54) is 0 Å². The molecule has 0 aromatic heterocycles. The number of nitrogens with zero attached hydrogens (tertiary/aromatic N) is 1. The second-order valence-electron chi connectivity index (χ2n) is 10.2. The number of halogens is 1. The molecule has 1 atom stereocenters. The van der Waals surface area contributed by atoms with E-state index in [9.17, 15) is 14.7 Å². The Morgan fingerprint density at radius 3 is 2.08 bits per heavy atom. The van der Waals surface area contributed by atoms with Gasteiger partial charge >= 0.3 is 5.97 Å². The summed E-state index contributed by atoms with van der Waals surface area (Å²) in [4.78, 5) is 26.6. The van der Waals surface area contributed by atoms with Gasteiger partial charge in [0.15, 0.2) is 12.6 Å². The number of hydrogen-bond acceptors (Lipinski definition) is 4. The number of quaternary nitrogens is 1. The van der Waals surface area contributed by atoms with Crippen LogP contribution in [-0.4, -0.2) is 53.7 Å². The van der Waals surface area contributed by atoms with Gasteiger partial charge in [-0.1, -0.05) is 90.5 Å². The van der Waals surface area contributed by atoms with Gasteiger partial charge in [-0.3, -0.25) is 4.79 Å². The van der Waals surface area contributed by atoms with Crippen LogP contribution in [0.1, 0.15) is 29.5 Å². The summed E-state index contributed by atoms with van der Waals surface area (Å²) in [5.74, 6) is -0.494. The van der Waals surface area contributed by atoms with Crippen molar-refractivity contribution in [3.63, 3.8) is 0 Å². The molecule has 2 bridgehead atoms. The van der Waals surface area contributed by atoms with Crippen molar-refractivity contribution in [2.75, 3.05) is 26.2 Å². The minimum absolute atomic E-state index is 0.0459. The molecule has 7 heteroatoms. The van der Waals surface area contributed by atoms with E-state index in [0.717, 1.165) is 31.5 Å². The fraction of sp³-hybridized carbons (Fsp3) is 0.333. The number of carbonyl (C=O) groups is 2. The van der Waals surface area contributed by atoms with Crippen LogP contribution < -0.4 is 5.32 Å². The van der Waals surface area contributed by atoms with Crippen molar-refractivity contribution in [1.29, 1.82) is 0 Å². The first-order chi connectivity index (χ1) is 17.9. The lowest BCUT2D eigenvalue weighted by Crippen LogP contribution is -2.66. The number of ether oxygens (including phenoxy) is 1. The molecular formula is C30H32ClN2O4+. The predicted molar refractivity (Wildman–Crippen MR) is 142 cm³/mol. The topological polar surface area (TPSA) is 75.6 Å². The van der Waals surface area contributed by atoms with Crippen LogP contribution >= 0.6 is 11.6 Å². The van der Waals surface area contributed by atoms with Gasteiger partial charge in [-0.15, -0.1) is 0 Å². The summed E-state index contributed by atoms with van der Waals surface area (Å²) in [5.41, 5.74) is -0.0976.